The summed E-state index contributed by atoms with van der Waals surface area (Å²) in [4.78, 5) is 10.9. The van der Waals surface area contributed by atoms with Crippen LogP contribution in [-0.2, 0) is 0 Å². The molecule has 3 N–H and O–H groups in total. The Morgan fingerprint density at radius 1 is 1.62 bits per heavy atom. The molecular weight excluding hydrogens is 236 g/mol. The fourth-order valence-electron chi connectivity index (χ4n) is 0.777. The number of carbonyl (C=O) groups is 1. The van der Waals surface area contributed by atoms with E-state index in [2.05, 4.69) is 21.2 Å². The molecule has 4 nitrogen and oxygen atoms in total. The Balaban J connectivity index is 2.93. The van der Waals surface area contributed by atoms with Crippen LogP contribution in [0, 0.1) is 0 Å². The second-order valence-electron chi connectivity index (χ2n) is 2.30. The van der Waals surface area contributed by atoms with Gasteiger partial charge in [-0.05, 0) is 28.1 Å². The summed E-state index contributed by atoms with van der Waals surface area (Å²) < 4.78 is 5.55. The molecule has 5 heteroatoms. The summed E-state index contributed by atoms with van der Waals surface area (Å²) in [7, 11) is 1.48. The van der Waals surface area contributed by atoms with Gasteiger partial charge in [0.1, 0.15) is 0 Å². The molecule has 13 heavy (non-hydrogen) atoms. The average Bonchev–Trinajstić information content (AvgIpc) is 2.11. The minimum atomic E-state index is -0.543. The zero-order chi connectivity index (χ0) is 9.84. The van der Waals surface area contributed by atoms with Gasteiger partial charge in [-0.3, -0.25) is 0 Å². The smallest absolute Gasteiger partial charge is 0.407 e. The van der Waals surface area contributed by atoms with Gasteiger partial charge in [-0.25, -0.2) is 4.79 Å². The lowest BCUT2D eigenvalue weighted by molar-refractivity contribution is 0.203. The molecule has 1 rings (SSSR count). The Morgan fingerprint density at radius 3 is 2.85 bits per heavy atom. The van der Waals surface area contributed by atoms with Crippen molar-refractivity contribution in [1.82, 2.24) is 5.32 Å². The van der Waals surface area contributed by atoms with Gasteiger partial charge in [0, 0.05) is 7.05 Å². The molecule has 1 aromatic carbocycles. The number of hydrogen-bond acceptors (Lipinski definition) is 3. The summed E-state index contributed by atoms with van der Waals surface area (Å²) >= 11 is 3.22. The molecule has 0 spiro atoms. The second-order valence-corrected chi connectivity index (χ2v) is 3.15. The van der Waals surface area contributed by atoms with E-state index in [4.69, 9.17) is 10.5 Å². The van der Waals surface area contributed by atoms with E-state index in [9.17, 15) is 4.79 Å². The van der Waals surface area contributed by atoms with Crippen LogP contribution < -0.4 is 15.8 Å². The van der Waals surface area contributed by atoms with Gasteiger partial charge in [0.25, 0.3) is 0 Å². The molecule has 70 valence electrons. The minimum absolute atomic E-state index is 0.335. The van der Waals surface area contributed by atoms with E-state index in [1.165, 1.54) is 7.05 Å². The van der Waals surface area contributed by atoms with Crippen LogP contribution in [0.5, 0.6) is 5.75 Å². The second kappa shape index (κ2) is 4.13. The fraction of sp³-hybridized carbons (Fsp3) is 0.125. The van der Waals surface area contributed by atoms with Gasteiger partial charge in [0.2, 0.25) is 0 Å². The molecule has 0 heterocycles. The maximum atomic E-state index is 10.9. The first-order valence-electron chi connectivity index (χ1n) is 3.58. The quantitative estimate of drug-likeness (QED) is 0.741. The molecule has 0 bridgehead atoms. The van der Waals surface area contributed by atoms with Gasteiger partial charge in [-0.1, -0.05) is 6.07 Å². The standard InChI is InChI=1S/C8H9BrN2O2/c1-11-8(12)13-7-5(9)3-2-4-6(7)10/h2-4H,10H2,1H3,(H,11,12). The molecular formula is C8H9BrN2O2. The van der Waals surface area contributed by atoms with Crippen LogP contribution >= 0.6 is 15.9 Å². The number of nitrogens with two attached hydrogens (primary N) is 1. The van der Waals surface area contributed by atoms with E-state index in [0.717, 1.165) is 0 Å². The first-order chi connectivity index (χ1) is 6.15. The molecule has 1 aromatic rings. The third-order valence-corrected chi connectivity index (χ3v) is 2.02. The first kappa shape index (κ1) is 9.85. The summed E-state index contributed by atoms with van der Waals surface area (Å²) in [5.41, 5.74) is 6.00. The summed E-state index contributed by atoms with van der Waals surface area (Å²) in [5, 5.41) is 2.33. The SMILES string of the molecule is CNC(=O)Oc1c(N)cccc1Br. The molecule has 0 radical (unpaired) electrons. The molecule has 0 atom stereocenters. The lowest BCUT2D eigenvalue weighted by Gasteiger charge is -2.07. The van der Waals surface area contributed by atoms with Crippen molar-refractivity contribution in [2.75, 3.05) is 12.8 Å². The Morgan fingerprint density at radius 2 is 2.31 bits per heavy atom. The van der Waals surface area contributed by atoms with Crippen molar-refractivity contribution in [3.05, 3.63) is 22.7 Å². The largest absolute Gasteiger partial charge is 0.412 e. The highest BCUT2D eigenvalue weighted by Crippen LogP contribution is 2.30. The van der Waals surface area contributed by atoms with Crippen LogP contribution in [0.25, 0.3) is 0 Å². The van der Waals surface area contributed by atoms with Crippen molar-refractivity contribution in [3.63, 3.8) is 0 Å². The Hall–Kier alpha value is -1.23. The summed E-state index contributed by atoms with van der Waals surface area (Å²) in [6.07, 6.45) is -0.543. The summed E-state index contributed by atoms with van der Waals surface area (Å²) in [5.74, 6) is 0.335. The Bertz CT molecular complexity index is 308. The van der Waals surface area contributed by atoms with Crippen molar-refractivity contribution in [3.8, 4) is 5.75 Å². The number of amides is 1. The Labute approximate surface area is 84.2 Å². The van der Waals surface area contributed by atoms with Crippen molar-refractivity contribution >= 4 is 27.7 Å². The van der Waals surface area contributed by atoms with Crippen LogP contribution in [0.2, 0.25) is 0 Å². The van der Waals surface area contributed by atoms with E-state index in [1.807, 2.05) is 0 Å². The van der Waals surface area contributed by atoms with Crippen LogP contribution in [0.1, 0.15) is 0 Å². The molecule has 0 aromatic heterocycles. The number of rotatable bonds is 1. The predicted octanol–water partition coefficient (Wildman–Crippen LogP) is 1.75. The van der Waals surface area contributed by atoms with E-state index in [-0.39, 0.29) is 0 Å². The highest BCUT2D eigenvalue weighted by atomic mass is 79.9. The van der Waals surface area contributed by atoms with Crippen LogP contribution in [0.3, 0.4) is 0 Å². The van der Waals surface area contributed by atoms with Crippen molar-refractivity contribution < 1.29 is 9.53 Å². The van der Waals surface area contributed by atoms with E-state index < -0.39 is 6.09 Å². The highest BCUT2D eigenvalue weighted by molar-refractivity contribution is 9.10. The zero-order valence-corrected chi connectivity index (χ0v) is 8.59. The van der Waals surface area contributed by atoms with E-state index >= 15 is 0 Å². The summed E-state index contributed by atoms with van der Waals surface area (Å²) in [6.45, 7) is 0. The molecule has 1 amide bonds. The number of carbonyl (C=O) groups excluding carboxylic acids is 1. The van der Waals surface area contributed by atoms with Crippen LogP contribution in [0.15, 0.2) is 22.7 Å². The van der Waals surface area contributed by atoms with Crippen LogP contribution in [0.4, 0.5) is 10.5 Å². The van der Waals surface area contributed by atoms with Gasteiger partial charge < -0.3 is 15.8 Å². The maximum absolute atomic E-state index is 10.9. The topological polar surface area (TPSA) is 64.3 Å². The predicted molar refractivity (Wildman–Crippen MR) is 53.6 cm³/mol. The number of nitrogens with one attached hydrogen (secondary N) is 1. The van der Waals surface area contributed by atoms with Gasteiger partial charge >= 0.3 is 6.09 Å². The number of para-hydroxylation sites is 1. The molecule has 0 aliphatic carbocycles. The third-order valence-electron chi connectivity index (χ3n) is 1.40. The fourth-order valence-corrected chi connectivity index (χ4v) is 1.24. The van der Waals surface area contributed by atoms with Gasteiger partial charge in [0.15, 0.2) is 5.75 Å². The van der Waals surface area contributed by atoms with Crippen LogP contribution in [-0.4, -0.2) is 13.1 Å². The number of benzene rings is 1. The molecule has 0 aliphatic heterocycles. The third kappa shape index (κ3) is 2.35. The number of anilines is 1. The molecule has 0 aliphatic rings. The Kier molecular flexibility index (Phi) is 3.13. The van der Waals surface area contributed by atoms with E-state index in [1.54, 1.807) is 18.2 Å². The zero-order valence-electron chi connectivity index (χ0n) is 7.00. The highest BCUT2D eigenvalue weighted by Gasteiger charge is 2.08. The van der Waals surface area contributed by atoms with Crippen molar-refractivity contribution in [1.29, 1.82) is 0 Å². The van der Waals surface area contributed by atoms with Gasteiger partial charge in [0.05, 0.1) is 10.2 Å². The maximum Gasteiger partial charge on any atom is 0.412 e. The first-order valence-corrected chi connectivity index (χ1v) is 4.38. The monoisotopic (exact) mass is 244 g/mol. The summed E-state index contributed by atoms with van der Waals surface area (Å²) in [6, 6.07) is 5.16. The molecule has 0 fully saturated rings. The van der Waals surface area contributed by atoms with E-state index in [0.29, 0.717) is 15.9 Å². The number of ether oxygens (including phenoxy) is 1. The number of halogens is 1. The lowest BCUT2D eigenvalue weighted by Crippen LogP contribution is -2.22. The average molecular weight is 245 g/mol. The van der Waals surface area contributed by atoms with Crippen molar-refractivity contribution in [2.24, 2.45) is 0 Å². The van der Waals surface area contributed by atoms with Gasteiger partial charge in [-0.15, -0.1) is 0 Å². The minimum Gasteiger partial charge on any atom is -0.407 e. The molecule has 0 saturated heterocycles. The number of nitrogen functional groups attached to an aromatic ring is 1. The van der Waals surface area contributed by atoms with Crippen molar-refractivity contribution in [2.45, 2.75) is 0 Å². The van der Waals surface area contributed by atoms with Gasteiger partial charge in [-0.2, -0.15) is 0 Å². The molecule has 0 saturated carbocycles. The normalized spacial score (nSPS) is 9.38. The number of hydrogen-bond donors (Lipinski definition) is 2. The molecule has 0 unspecified atom stereocenters. The lowest BCUT2D eigenvalue weighted by atomic mass is 10.3.